The lowest BCUT2D eigenvalue weighted by Crippen LogP contribution is -2.01. The Labute approximate surface area is 270 Å². The van der Waals surface area contributed by atoms with Crippen molar-refractivity contribution in [2.75, 3.05) is 0 Å². The van der Waals surface area contributed by atoms with Crippen LogP contribution < -0.4 is 0 Å². The monoisotopic (exact) mass is 602 g/mol. The summed E-state index contributed by atoms with van der Waals surface area (Å²) in [5, 5.41) is 4.08. The summed E-state index contributed by atoms with van der Waals surface area (Å²) in [4.78, 5) is 20.1. The van der Waals surface area contributed by atoms with Crippen LogP contribution in [-0.2, 0) is 0 Å². The van der Waals surface area contributed by atoms with E-state index < -0.39 is 0 Å². The molecule has 5 heteroatoms. The maximum absolute atomic E-state index is 6.68. The van der Waals surface area contributed by atoms with E-state index in [0.717, 1.165) is 66.1 Å². The molecular formula is C42H26N4O. The number of furan rings is 1. The number of benzene rings is 6. The summed E-state index contributed by atoms with van der Waals surface area (Å²) in [6.45, 7) is 0. The van der Waals surface area contributed by atoms with Crippen LogP contribution in [0.15, 0.2) is 162 Å². The highest BCUT2D eigenvalue weighted by atomic mass is 16.3. The van der Waals surface area contributed by atoms with Crippen molar-refractivity contribution in [3.63, 3.8) is 0 Å². The van der Waals surface area contributed by atoms with Crippen LogP contribution in [0.3, 0.4) is 0 Å². The molecule has 0 aliphatic carbocycles. The first kappa shape index (κ1) is 26.9. The molecule has 220 valence electrons. The Hall–Kier alpha value is -6.46. The van der Waals surface area contributed by atoms with Crippen molar-refractivity contribution < 1.29 is 4.42 Å². The number of rotatable bonds is 5. The zero-order chi connectivity index (χ0) is 31.2. The smallest absolute Gasteiger partial charge is 0.183 e. The second-order valence-corrected chi connectivity index (χ2v) is 11.5. The van der Waals surface area contributed by atoms with E-state index in [2.05, 4.69) is 78.9 Å². The predicted octanol–water partition coefficient (Wildman–Crippen LogP) is 10.7. The van der Waals surface area contributed by atoms with E-state index in [4.69, 9.17) is 24.4 Å². The Morgan fingerprint density at radius 1 is 0.426 bits per heavy atom. The van der Waals surface area contributed by atoms with E-state index >= 15 is 0 Å². The van der Waals surface area contributed by atoms with Crippen molar-refractivity contribution in [1.82, 2.24) is 19.9 Å². The van der Waals surface area contributed by atoms with Gasteiger partial charge in [-0.2, -0.15) is 0 Å². The summed E-state index contributed by atoms with van der Waals surface area (Å²) < 4.78 is 6.68. The average Bonchev–Trinajstić information content (AvgIpc) is 3.53. The Morgan fingerprint density at radius 3 is 1.57 bits per heavy atom. The molecule has 0 bridgehead atoms. The summed E-state index contributed by atoms with van der Waals surface area (Å²) in [6, 6.07) is 51.5. The van der Waals surface area contributed by atoms with Crippen LogP contribution in [-0.4, -0.2) is 19.9 Å². The van der Waals surface area contributed by atoms with E-state index in [0.29, 0.717) is 23.2 Å². The normalized spacial score (nSPS) is 11.4. The highest BCUT2D eigenvalue weighted by molar-refractivity contribution is 6.17. The lowest BCUT2D eigenvalue weighted by Gasteiger charge is -2.10. The van der Waals surface area contributed by atoms with Gasteiger partial charge in [0.1, 0.15) is 16.9 Å². The molecule has 3 heterocycles. The van der Waals surface area contributed by atoms with Gasteiger partial charge in [-0.15, -0.1) is 0 Å². The molecule has 6 aromatic carbocycles. The van der Waals surface area contributed by atoms with Gasteiger partial charge in [0.15, 0.2) is 17.5 Å². The van der Waals surface area contributed by atoms with Crippen molar-refractivity contribution in [3.8, 4) is 56.5 Å². The fraction of sp³-hybridized carbons (Fsp3) is 0. The molecule has 3 aromatic heterocycles. The fourth-order valence-corrected chi connectivity index (χ4v) is 6.22. The zero-order valence-electron chi connectivity index (χ0n) is 25.2. The Kier molecular flexibility index (Phi) is 6.39. The third-order valence-corrected chi connectivity index (χ3v) is 8.57. The Bertz CT molecular complexity index is 2540. The van der Waals surface area contributed by atoms with Crippen molar-refractivity contribution in [1.29, 1.82) is 0 Å². The molecule has 5 nitrogen and oxygen atoms in total. The molecule has 0 saturated heterocycles. The van der Waals surface area contributed by atoms with Crippen LogP contribution in [0.5, 0.6) is 0 Å². The molecular weight excluding hydrogens is 576 g/mol. The van der Waals surface area contributed by atoms with Crippen molar-refractivity contribution >= 4 is 32.7 Å². The highest BCUT2D eigenvalue weighted by Gasteiger charge is 2.22. The number of nitrogens with zero attached hydrogens (tertiary/aromatic N) is 4. The van der Waals surface area contributed by atoms with Gasteiger partial charge < -0.3 is 4.42 Å². The summed E-state index contributed by atoms with van der Waals surface area (Å²) in [7, 11) is 0. The van der Waals surface area contributed by atoms with Gasteiger partial charge in [0.05, 0.1) is 5.39 Å². The maximum Gasteiger partial charge on any atom is 0.183 e. The molecule has 9 rings (SSSR count). The summed E-state index contributed by atoms with van der Waals surface area (Å²) in [6.07, 6.45) is 1.87. The van der Waals surface area contributed by atoms with Crippen LogP contribution in [0.1, 0.15) is 0 Å². The van der Waals surface area contributed by atoms with Gasteiger partial charge in [0.2, 0.25) is 0 Å². The first-order valence-electron chi connectivity index (χ1n) is 15.6. The van der Waals surface area contributed by atoms with Gasteiger partial charge in [0, 0.05) is 28.3 Å². The van der Waals surface area contributed by atoms with Crippen molar-refractivity contribution in [2.45, 2.75) is 0 Å². The lowest BCUT2D eigenvalue weighted by atomic mass is 10.0. The van der Waals surface area contributed by atoms with E-state index in [9.17, 15) is 0 Å². The molecule has 0 unspecified atom stereocenters. The molecule has 0 radical (unpaired) electrons. The van der Waals surface area contributed by atoms with Crippen LogP contribution in [0.4, 0.5) is 0 Å². The third-order valence-electron chi connectivity index (χ3n) is 8.57. The summed E-state index contributed by atoms with van der Waals surface area (Å²) >= 11 is 0. The molecule has 0 saturated carbocycles. The predicted molar refractivity (Wildman–Crippen MR) is 190 cm³/mol. The van der Waals surface area contributed by atoms with Gasteiger partial charge in [-0.05, 0) is 39.6 Å². The second kappa shape index (κ2) is 11.2. The summed E-state index contributed by atoms with van der Waals surface area (Å²) in [5.74, 6) is 1.65. The van der Waals surface area contributed by atoms with E-state index in [1.807, 2.05) is 79.0 Å². The van der Waals surface area contributed by atoms with E-state index in [1.165, 1.54) is 0 Å². The first-order chi connectivity index (χ1) is 23.3. The number of hydrogen-bond donors (Lipinski definition) is 0. The number of pyridine rings is 1. The number of hydrogen-bond acceptors (Lipinski definition) is 5. The van der Waals surface area contributed by atoms with Gasteiger partial charge in [-0.25, -0.2) is 15.0 Å². The van der Waals surface area contributed by atoms with E-state index in [-0.39, 0.29) is 0 Å². The number of aromatic nitrogens is 4. The molecule has 0 spiro atoms. The Morgan fingerprint density at radius 2 is 0.915 bits per heavy atom. The van der Waals surface area contributed by atoms with Gasteiger partial charge in [0.25, 0.3) is 0 Å². The minimum absolute atomic E-state index is 0.487. The Balaban J connectivity index is 1.30. The summed E-state index contributed by atoms with van der Waals surface area (Å²) in [5.41, 5.74) is 8.22. The molecule has 0 aliphatic rings. The average molecular weight is 603 g/mol. The lowest BCUT2D eigenvalue weighted by molar-refractivity contribution is 0.670. The first-order valence-corrected chi connectivity index (χ1v) is 15.6. The molecule has 0 fully saturated rings. The van der Waals surface area contributed by atoms with Crippen molar-refractivity contribution in [3.05, 3.63) is 158 Å². The fourth-order valence-electron chi connectivity index (χ4n) is 6.22. The molecule has 0 N–H and O–H groups in total. The quantitative estimate of drug-likeness (QED) is 0.196. The second-order valence-electron chi connectivity index (χ2n) is 11.5. The zero-order valence-corrected chi connectivity index (χ0v) is 25.2. The molecule has 9 aromatic rings. The third kappa shape index (κ3) is 4.82. The molecule has 0 amide bonds. The minimum Gasteiger partial charge on any atom is -0.455 e. The minimum atomic E-state index is 0.487. The van der Waals surface area contributed by atoms with Gasteiger partial charge in [-0.1, -0.05) is 140 Å². The van der Waals surface area contributed by atoms with E-state index in [1.54, 1.807) is 0 Å². The molecule has 47 heavy (non-hydrogen) atoms. The number of fused-ring (bicyclic) bond motifs is 4. The van der Waals surface area contributed by atoms with Crippen LogP contribution >= 0.6 is 0 Å². The highest BCUT2D eigenvalue weighted by Crippen LogP contribution is 2.41. The van der Waals surface area contributed by atoms with Gasteiger partial charge in [-0.3, -0.25) is 4.98 Å². The topological polar surface area (TPSA) is 64.7 Å². The molecule has 0 aliphatic heterocycles. The van der Waals surface area contributed by atoms with Crippen molar-refractivity contribution in [2.24, 2.45) is 0 Å². The van der Waals surface area contributed by atoms with Crippen LogP contribution in [0.25, 0.3) is 89.3 Å². The standard InChI is InChI=1S/C42H26N4O/c1-4-12-27(13-5-1)28-20-22-31(23-21-28)41-44-40(30-16-8-3-9-17-30)45-42(46-41)38-37-34-24-32-18-10-11-19-33(32)25-36(34)47-39(37)35(26-43-38)29-14-6-2-7-15-29/h1-26H. The maximum atomic E-state index is 6.68. The largest absolute Gasteiger partial charge is 0.455 e. The van der Waals surface area contributed by atoms with Crippen LogP contribution in [0.2, 0.25) is 0 Å². The van der Waals surface area contributed by atoms with Gasteiger partial charge >= 0.3 is 0 Å². The van der Waals surface area contributed by atoms with Crippen LogP contribution in [0, 0.1) is 0 Å². The SMILES string of the molecule is c1ccc(-c2ccc(-c3nc(-c4ccccc4)nc(-c4ncc(-c5ccccc5)c5oc6cc7ccccc7cc6c45)n3)cc2)cc1. The molecule has 0 atom stereocenters.